The minimum absolute atomic E-state index is 0. The van der Waals surface area contributed by atoms with E-state index in [9.17, 15) is 0 Å². The van der Waals surface area contributed by atoms with Crippen molar-refractivity contribution in [2.45, 2.75) is 19.3 Å². The lowest BCUT2D eigenvalue weighted by molar-refractivity contribution is 0.783. The first-order valence-electron chi connectivity index (χ1n) is 4.03. The van der Waals surface area contributed by atoms with E-state index in [-0.39, 0.29) is 12.4 Å². The molecule has 1 atom stereocenters. The molecule has 0 spiro atoms. The summed E-state index contributed by atoms with van der Waals surface area (Å²) in [5, 5.41) is 0. The largest absolute Gasteiger partial charge is 0.261 e. The van der Waals surface area contributed by atoms with Crippen molar-refractivity contribution in [1.82, 2.24) is 4.98 Å². The molecule has 0 aliphatic heterocycles. The van der Waals surface area contributed by atoms with E-state index in [1.165, 1.54) is 24.7 Å². The van der Waals surface area contributed by atoms with Crippen LogP contribution in [0.3, 0.4) is 0 Å². The molecule has 1 heterocycles. The molecular formula is C9H15ClNP. The molecule has 0 N–H and O–H groups in total. The lowest BCUT2D eigenvalue weighted by Gasteiger charge is -1.97. The Balaban J connectivity index is 0.00000121. The number of rotatable bonds is 4. The number of unbranched alkanes of at least 4 members (excludes halogenated alkanes) is 1. The summed E-state index contributed by atoms with van der Waals surface area (Å²) in [6.07, 6.45) is 6.71. The maximum atomic E-state index is 4.24. The van der Waals surface area contributed by atoms with Crippen LogP contribution in [0.1, 0.15) is 18.5 Å². The van der Waals surface area contributed by atoms with Crippen LogP contribution in [0.25, 0.3) is 0 Å². The zero-order valence-corrected chi connectivity index (χ0v) is 9.04. The van der Waals surface area contributed by atoms with Crippen molar-refractivity contribution in [2.75, 3.05) is 6.16 Å². The van der Waals surface area contributed by atoms with Crippen molar-refractivity contribution in [2.24, 2.45) is 0 Å². The highest BCUT2D eigenvalue weighted by Gasteiger charge is 1.90. The van der Waals surface area contributed by atoms with Gasteiger partial charge in [0.2, 0.25) is 0 Å². The Morgan fingerprint density at radius 1 is 1.25 bits per heavy atom. The first-order chi connectivity index (χ1) is 5.43. The molecule has 0 aromatic carbocycles. The molecule has 68 valence electrons. The Labute approximate surface area is 82.6 Å². The topological polar surface area (TPSA) is 12.9 Å². The fourth-order valence-corrected chi connectivity index (χ4v) is 1.29. The smallest absolute Gasteiger partial charge is 0.0403 e. The zero-order valence-electron chi connectivity index (χ0n) is 7.07. The highest BCUT2D eigenvalue weighted by molar-refractivity contribution is 7.16. The highest BCUT2D eigenvalue weighted by atomic mass is 35.5. The van der Waals surface area contributed by atoms with Crippen molar-refractivity contribution < 1.29 is 0 Å². The predicted octanol–water partition coefficient (Wildman–Crippen LogP) is 2.70. The van der Waals surface area contributed by atoms with Crippen LogP contribution in [-0.2, 0) is 6.42 Å². The molecule has 3 heteroatoms. The first-order valence-corrected chi connectivity index (χ1v) is 4.85. The van der Waals surface area contributed by atoms with Crippen molar-refractivity contribution in [3.8, 4) is 0 Å². The molecule has 0 bridgehead atoms. The summed E-state index contributed by atoms with van der Waals surface area (Å²) in [4.78, 5) is 4.24. The van der Waals surface area contributed by atoms with Crippen LogP contribution in [0, 0.1) is 0 Å². The fraction of sp³-hybridized carbons (Fsp3) is 0.444. The molecular weight excluding hydrogens is 189 g/mol. The molecule has 0 aliphatic rings. The SMILES string of the molecule is Cl.PCCCCc1ccccn1. The van der Waals surface area contributed by atoms with E-state index in [1.54, 1.807) is 0 Å². The Morgan fingerprint density at radius 2 is 2.08 bits per heavy atom. The van der Waals surface area contributed by atoms with E-state index in [1.807, 2.05) is 18.3 Å². The van der Waals surface area contributed by atoms with Crippen LogP contribution < -0.4 is 0 Å². The van der Waals surface area contributed by atoms with Gasteiger partial charge < -0.3 is 0 Å². The van der Waals surface area contributed by atoms with Gasteiger partial charge in [-0.2, -0.15) is 0 Å². The molecule has 0 aliphatic carbocycles. The Kier molecular flexibility index (Phi) is 7.43. The quantitative estimate of drug-likeness (QED) is 0.542. The van der Waals surface area contributed by atoms with Crippen LogP contribution in [-0.4, -0.2) is 11.1 Å². The third-order valence-electron chi connectivity index (χ3n) is 1.61. The summed E-state index contributed by atoms with van der Waals surface area (Å²) < 4.78 is 0. The number of halogens is 1. The van der Waals surface area contributed by atoms with Crippen molar-refractivity contribution in [3.05, 3.63) is 30.1 Å². The number of nitrogens with zero attached hydrogens (tertiary/aromatic N) is 1. The van der Waals surface area contributed by atoms with Gasteiger partial charge in [0.25, 0.3) is 0 Å². The van der Waals surface area contributed by atoms with Crippen LogP contribution >= 0.6 is 21.6 Å². The molecule has 1 rings (SSSR count). The maximum Gasteiger partial charge on any atom is 0.0403 e. The highest BCUT2D eigenvalue weighted by Crippen LogP contribution is 2.02. The van der Waals surface area contributed by atoms with Crippen molar-refractivity contribution in [3.63, 3.8) is 0 Å². The monoisotopic (exact) mass is 203 g/mol. The summed E-state index contributed by atoms with van der Waals surface area (Å²) in [5.41, 5.74) is 1.21. The average Bonchev–Trinajstić information content (AvgIpc) is 2.07. The molecule has 1 nitrogen and oxygen atoms in total. The van der Waals surface area contributed by atoms with Gasteiger partial charge in [0.15, 0.2) is 0 Å². The van der Waals surface area contributed by atoms with Crippen LogP contribution in [0.4, 0.5) is 0 Å². The lowest BCUT2D eigenvalue weighted by atomic mass is 10.2. The van der Waals surface area contributed by atoms with Gasteiger partial charge in [0, 0.05) is 11.9 Å². The number of aromatic nitrogens is 1. The van der Waals surface area contributed by atoms with Gasteiger partial charge in [-0.05, 0) is 37.6 Å². The van der Waals surface area contributed by atoms with Crippen molar-refractivity contribution in [1.29, 1.82) is 0 Å². The zero-order chi connectivity index (χ0) is 7.94. The minimum Gasteiger partial charge on any atom is -0.261 e. The summed E-state index contributed by atoms with van der Waals surface area (Å²) in [6.45, 7) is 0. The van der Waals surface area contributed by atoms with Gasteiger partial charge >= 0.3 is 0 Å². The van der Waals surface area contributed by atoms with Crippen LogP contribution in [0.2, 0.25) is 0 Å². The van der Waals surface area contributed by atoms with Crippen molar-refractivity contribution >= 4 is 21.6 Å². The fourth-order valence-electron chi connectivity index (χ4n) is 0.996. The predicted molar refractivity (Wildman–Crippen MR) is 59.0 cm³/mol. The number of hydrogen-bond acceptors (Lipinski definition) is 1. The van der Waals surface area contributed by atoms with E-state index in [2.05, 4.69) is 20.3 Å². The number of pyridine rings is 1. The molecule has 0 saturated heterocycles. The summed E-state index contributed by atoms with van der Waals surface area (Å²) in [7, 11) is 2.75. The van der Waals surface area contributed by atoms with E-state index in [0.717, 1.165) is 6.42 Å². The normalized spacial score (nSPS) is 9.08. The molecule has 0 fully saturated rings. The van der Waals surface area contributed by atoms with E-state index >= 15 is 0 Å². The minimum atomic E-state index is 0. The number of hydrogen-bond donors (Lipinski definition) is 0. The second-order valence-corrected chi connectivity index (χ2v) is 3.14. The summed E-state index contributed by atoms with van der Waals surface area (Å²) in [6, 6.07) is 6.09. The second-order valence-electron chi connectivity index (χ2n) is 2.57. The van der Waals surface area contributed by atoms with Gasteiger partial charge in [-0.3, -0.25) is 4.98 Å². The third kappa shape index (κ3) is 4.69. The molecule has 0 radical (unpaired) electrons. The Bertz CT molecular complexity index is 191. The second kappa shape index (κ2) is 7.52. The van der Waals surface area contributed by atoms with E-state index < -0.39 is 0 Å². The summed E-state index contributed by atoms with van der Waals surface area (Å²) in [5.74, 6) is 0. The Morgan fingerprint density at radius 3 is 2.67 bits per heavy atom. The average molecular weight is 204 g/mol. The Hall–Kier alpha value is -0.130. The van der Waals surface area contributed by atoms with E-state index in [4.69, 9.17) is 0 Å². The molecule has 0 saturated carbocycles. The van der Waals surface area contributed by atoms with Crippen LogP contribution in [0.5, 0.6) is 0 Å². The molecule has 1 aromatic rings. The number of aryl methyl sites for hydroxylation is 1. The molecule has 1 aromatic heterocycles. The maximum absolute atomic E-state index is 4.24. The summed E-state index contributed by atoms with van der Waals surface area (Å²) >= 11 is 0. The lowest BCUT2D eigenvalue weighted by Crippen LogP contribution is -1.88. The van der Waals surface area contributed by atoms with Gasteiger partial charge in [0.05, 0.1) is 0 Å². The molecule has 1 unspecified atom stereocenters. The molecule has 12 heavy (non-hydrogen) atoms. The third-order valence-corrected chi connectivity index (χ3v) is 2.02. The van der Waals surface area contributed by atoms with Gasteiger partial charge in [-0.1, -0.05) is 6.07 Å². The van der Waals surface area contributed by atoms with Gasteiger partial charge in [-0.15, -0.1) is 21.6 Å². The van der Waals surface area contributed by atoms with Gasteiger partial charge in [-0.25, -0.2) is 0 Å². The molecule has 0 amide bonds. The first kappa shape index (κ1) is 11.9. The van der Waals surface area contributed by atoms with E-state index in [0.29, 0.717) is 0 Å². The standard InChI is InChI=1S/C9H14NP.ClH/c11-8-4-2-6-9-5-1-3-7-10-9;/h1,3,5,7H,2,4,6,8,11H2;1H. The van der Waals surface area contributed by atoms with Gasteiger partial charge in [0.1, 0.15) is 0 Å². The van der Waals surface area contributed by atoms with Crippen LogP contribution in [0.15, 0.2) is 24.4 Å².